The van der Waals surface area contributed by atoms with Crippen LogP contribution in [0.4, 0.5) is 0 Å². The zero-order chi connectivity index (χ0) is 20.7. The highest BCUT2D eigenvalue weighted by Crippen LogP contribution is 2.60. The molecule has 3 aromatic rings. The number of fused-ring (bicyclic) bond motifs is 3. The third kappa shape index (κ3) is 2.68. The van der Waals surface area contributed by atoms with Crippen molar-refractivity contribution in [3.63, 3.8) is 0 Å². The Morgan fingerprint density at radius 3 is 2.57 bits per heavy atom. The van der Waals surface area contributed by atoms with Crippen molar-refractivity contribution in [1.82, 2.24) is 5.32 Å². The van der Waals surface area contributed by atoms with Gasteiger partial charge in [0.25, 0.3) is 0 Å². The summed E-state index contributed by atoms with van der Waals surface area (Å²) in [5.74, 6) is -0.0809. The predicted octanol–water partition coefficient (Wildman–Crippen LogP) is 5.52. The van der Waals surface area contributed by atoms with Crippen LogP contribution >= 0.6 is 0 Å². The lowest BCUT2D eigenvalue weighted by atomic mass is 9.66. The lowest BCUT2D eigenvalue weighted by molar-refractivity contribution is -0.130. The van der Waals surface area contributed by atoms with E-state index in [2.05, 4.69) is 47.8 Å². The minimum absolute atomic E-state index is 0.0441. The number of carbonyl (C=O) groups is 1. The first kappa shape index (κ1) is 18.6. The van der Waals surface area contributed by atoms with Crippen LogP contribution in [0.2, 0.25) is 0 Å². The van der Waals surface area contributed by atoms with Gasteiger partial charge in [-0.2, -0.15) is 5.26 Å². The number of benzene rings is 3. The summed E-state index contributed by atoms with van der Waals surface area (Å²) < 4.78 is 0. The van der Waals surface area contributed by atoms with Gasteiger partial charge in [0.1, 0.15) is 5.41 Å². The van der Waals surface area contributed by atoms with Crippen molar-refractivity contribution in [3.8, 4) is 6.07 Å². The summed E-state index contributed by atoms with van der Waals surface area (Å²) in [5, 5.41) is 15.8. The molecule has 0 heterocycles. The maximum Gasteiger partial charge on any atom is 0.242 e. The maximum absolute atomic E-state index is 13.7. The van der Waals surface area contributed by atoms with Gasteiger partial charge in [0.2, 0.25) is 5.91 Å². The van der Waals surface area contributed by atoms with Crippen molar-refractivity contribution >= 4 is 16.7 Å². The van der Waals surface area contributed by atoms with Crippen LogP contribution in [0, 0.1) is 28.6 Å². The summed E-state index contributed by atoms with van der Waals surface area (Å²) >= 11 is 0. The molecular formula is C27H24N2O. The summed E-state index contributed by atoms with van der Waals surface area (Å²) in [6, 6.07) is 26.7. The quantitative estimate of drug-likeness (QED) is 0.595. The number of hydrogen-bond donors (Lipinski definition) is 1. The second-order valence-electron chi connectivity index (χ2n) is 8.52. The van der Waals surface area contributed by atoms with E-state index < -0.39 is 5.41 Å². The Morgan fingerprint density at radius 2 is 1.77 bits per heavy atom. The largest absolute Gasteiger partial charge is 0.348 e. The number of amides is 1. The van der Waals surface area contributed by atoms with E-state index in [0.29, 0.717) is 0 Å². The standard InChI is InChI=1S/C27H24N2O/c1-18(23-13-7-11-19-8-5-6-12-24(19)23)29-26(30)27(17-28)22-15-14-21(16-22)25(27)20-9-3-2-4-10-20/h2-15,18,21-22,25H,16H2,1H3,(H,29,30)/t18-,21+,22-,25+,27+/m0/s1. The van der Waals surface area contributed by atoms with Gasteiger partial charge in [0.05, 0.1) is 12.1 Å². The zero-order valence-electron chi connectivity index (χ0n) is 17.0. The zero-order valence-corrected chi connectivity index (χ0v) is 17.0. The summed E-state index contributed by atoms with van der Waals surface area (Å²) in [5.41, 5.74) is 1.08. The van der Waals surface area contributed by atoms with Crippen molar-refractivity contribution in [1.29, 1.82) is 5.26 Å². The monoisotopic (exact) mass is 392 g/mol. The molecule has 1 saturated carbocycles. The van der Waals surface area contributed by atoms with Gasteiger partial charge in [-0.3, -0.25) is 4.79 Å². The van der Waals surface area contributed by atoms with Crippen molar-refractivity contribution in [2.75, 3.05) is 0 Å². The highest BCUT2D eigenvalue weighted by molar-refractivity contribution is 5.90. The number of nitrogens with zero attached hydrogens (tertiary/aromatic N) is 1. The second-order valence-corrected chi connectivity index (χ2v) is 8.52. The Bertz CT molecular complexity index is 1170. The molecule has 5 atom stereocenters. The van der Waals surface area contributed by atoms with E-state index in [-0.39, 0.29) is 29.7 Å². The molecule has 0 radical (unpaired) electrons. The first-order valence-electron chi connectivity index (χ1n) is 10.6. The van der Waals surface area contributed by atoms with Crippen molar-refractivity contribution < 1.29 is 4.79 Å². The van der Waals surface area contributed by atoms with E-state index in [4.69, 9.17) is 0 Å². The summed E-state index contributed by atoms with van der Waals surface area (Å²) in [7, 11) is 0. The lowest BCUT2D eigenvalue weighted by Gasteiger charge is -2.36. The second kappa shape index (κ2) is 7.15. The van der Waals surface area contributed by atoms with Crippen molar-refractivity contribution in [3.05, 3.63) is 96.1 Å². The van der Waals surface area contributed by atoms with Gasteiger partial charge in [-0.1, -0.05) is 84.9 Å². The molecule has 3 aromatic carbocycles. The van der Waals surface area contributed by atoms with E-state index in [1.165, 1.54) is 0 Å². The first-order chi connectivity index (χ1) is 14.6. The minimum atomic E-state index is -1.07. The van der Waals surface area contributed by atoms with E-state index in [9.17, 15) is 10.1 Å². The van der Waals surface area contributed by atoms with Crippen LogP contribution in [0.25, 0.3) is 10.8 Å². The molecule has 3 nitrogen and oxygen atoms in total. The molecule has 0 saturated heterocycles. The predicted molar refractivity (Wildman–Crippen MR) is 118 cm³/mol. The van der Waals surface area contributed by atoms with Crippen molar-refractivity contribution in [2.45, 2.75) is 25.3 Å². The summed E-state index contributed by atoms with van der Waals surface area (Å²) in [6.45, 7) is 2.01. The number of carbonyl (C=O) groups excluding carboxylic acids is 1. The SMILES string of the molecule is C[C@H](NC(=O)[C@@]1(C#N)[C@H](c2ccccc2)[C@@H]2C=C[C@H]1C2)c1cccc2ccccc12. The van der Waals surface area contributed by atoms with Gasteiger partial charge >= 0.3 is 0 Å². The molecule has 148 valence electrons. The molecule has 0 spiro atoms. The van der Waals surface area contributed by atoms with E-state index in [1.807, 2.05) is 55.5 Å². The molecule has 1 amide bonds. The molecule has 30 heavy (non-hydrogen) atoms. The van der Waals surface area contributed by atoms with Crippen LogP contribution in [-0.2, 0) is 4.79 Å². The highest BCUT2D eigenvalue weighted by Gasteiger charge is 2.61. The number of rotatable bonds is 4. The lowest BCUT2D eigenvalue weighted by Crippen LogP contribution is -2.47. The van der Waals surface area contributed by atoms with Crippen LogP contribution < -0.4 is 5.32 Å². The molecule has 1 N–H and O–H groups in total. The number of nitriles is 1. The first-order valence-corrected chi connectivity index (χ1v) is 10.6. The Morgan fingerprint density at radius 1 is 1.03 bits per heavy atom. The van der Waals surface area contributed by atoms with Crippen LogP contribution in [0.15, 0.2) is 84.9 Å². The fourth-order valence-electron chi connectivity index (χ4n) is 5.59. The molecule has 3 heteroatoms. The smallest absolute Gasteiger partial charge is 0.242 e. The van der Waals surface area contributed by atoms with Gasteiger partial charge in [-0.05, 0) is 41.2 Å². The Hall–Kier alpha value is -3.38. The number of allylic oxidation sites excluding steroid dienone is 2. The fourth-order valence-corrected chi connectivity index (χ4v) is 5.59. The molecule has 2 aliphatic rings. The van der Waals surface area contributed by atoms with Gasteiger partial charge < -0.3 is 5.32 Å². The Balaban J connectivity index is 1.51. The third-order valence-electron chi connectivity index (χ3n) is 6.98. The van der Waals surface area contributed by atoms with Crippen LogP contribution in [0.1, 0.15) is 36.4 Å². The maximum atomic E-state index is 13.7. The van der Waals surface area contributed by atoms with Gasteiger partial charge in [0, 0.05) is 11.8 Å². The van der Waals surface area contributed by atoms with Crippen LogP contribution in [0.3, 0.4) is 0 Å². The molecule has 0 aliphatic heterocycles. The minimum Gasteiger partial charge on any atom is -0.348 e. The van der Waals surface area contributed by atoms with E-state index >= 15 is 0 Å². The topological polar surface area (TPSA) is 52.9 Å². The molecule has 5 rings (SSSR count). The molecular weight excluding hydrogens is 368 g/mol. The number of nitrogens with one attached hydrogen (secondary N) is 1. The summed E-state index contributed by atoms with van der Waals surface area (Å²) in [4.78, 5) is 13.7. The van der Waals surface area contributed by atoms with E-state index in [0.717, 1.165) is 28.3 Å². The Labute approximate surface area is 177 Å². The number of hydrogen-bond acceptors (Lipinski definition) is 2. The molecule has 1 fully saturated rings. The molecule has 2 aliphatic carbocycles. The molecule has 2 bridgehead atoms. The van der Waals surface area contributed by atoms with Crippen molar-refractivity contribution in [2.24, 2.45) is 17.3 Å². The average molecular weight is 393 g/mol. The molecule has 0 aromatic heterocycles. The van der Waals surface area contributed by atoms with Crippen LogP contribution in [0.5, 0.6) is 0 Å². The van der Waals surface area contributed by atoms with Gasteiger partial charge in [-0.15, -0.1) is 0 Å². The highest BCUT2D eigenvalue weighted by atomic mass is 16.2. The molecule has 0 unspecified atom stereocenters. The van der Waals surface area contributed by atoms with E-state index in [1.54, 1.807) is 0 Å². The summed E-state index contributed by atoms with van der Waals surface area (Å²) in [6.07, 6.45) is 5.14. The third-order valence-corrected chi connectivity index (χ3v) is 6.98. The normalized spacial score (nSPS) is 27.7. The average Bonchev–Trinajstić information content (AvgIpc) is 3.39. The Kier molecular flexibility index (Phi) is 4.44. The fraction of sp³-hybridized carbons (Fsp3) is 0.259. The van der Waals surface area contributed by atoms with Crippen LogP contribution in [-0.4, -0.2) is 5.91 Å². The van der Waals surface area contributed by atoms with Gasteiger partial charge in [0.15, 0.2) is 0 Å². The van der Waals surface area contributed by atoms with Gasteiger partial charge in [-0.25, -0.2) is 0 Å².